The second-order valence-electron chi connectivity index (χ2n) is 15.5. The molecular weight excluding hydrogens is 659 g/mol. The zero-order chi connectivity index (χ0) is 36.7. The van der Waals surface area contributed by atoms with Gasteiger partial charge in [-0.3, -0.25) is 0 Å². The average Bonchev–Trinajstić information content (AvgIpc) is 3.67. The lowest BCUT2D eigenvalue weighted by Crippen LogP contribution is -2.55. The van der Waals surface area contributed by atoms with Crippen molar-refractivity contribution < 1.29 is 9.47 Å². The van der Waals surface area contributed by atoms with Crippen molar-refractivity contribution in [1.82, 2.24) is 9.05 Å². The van der Waals surface area contributed by atoms with Crippen LogP contribution in [0.25, 0.3) is 82.7 Å². The predicted molar refractivity (Wildman–Crippen MR) is 227 cm³/mol. The van der Waals surface area contributed by atoms with Crippen molar-refractivity contribution in [3.63, 3.8) is 0 Å². The SMILES string of the molecule is COc1ccc2c(c1)c1cc(OC)cc3c1n2-c1cc(C)cc2c1B3n1c3ccc(-c4c(C)cccc4C)cc3c3cc(-c4c(C)cccc4C)cc-2c31. The molecule has 2 aliphatic heterocycles. The molecule has 0 aliphatic carbocycles. The number of aromatic nitrogens is 2. The predicted octanol–water partition coefficient (Wildman–Crippen LogP) is 10.7. The first-order valence-corrected chi connectivity index (χ1v) is 18.9. The van der Waals surface area contributed by atoms with Crippen LogP contribution in [0.15, 0.2) is 109 Å². The highest BCUT2D eigenvalue weighted by molar-refractivity contribution is 6.90. The highest BCUT2D eigenvalue weighted by atomic mass is 16.5. The van der Waals surface area contributed by atoms with Crippen molar-refractivity contribution in [3.8, 4) is 50.6 Å². The Morgan fingerprint density at radius 1 is 0.500 bits per heavy atom. The van der Waals surface area contributed by atoms with Crippen LogP contribution in [0, 0.1) is 34.6 Å². The van der Waals surface area contributed by atoms with Crippen LogP contribution in [0.1, 0.15) is 27.8 Å². The second-order valence-corrected chi connectivity index (χ2v) is 15.5. The van der Waals surface area contributed by atoms with E-state index >= 15 is 0 Å². The van der Waals surface area contributed by atoms with Gasteiger partial charge in [0.15, 0.2) is 0 Å². The number of ether oxygens (including phenoxy) is 2. The van der Waals surface area contributed by atoms with E-state index in [0.717, 1.165) is 16.9 Å². The normalized spacial score (nSPS) is 12.7. The molecule has 9 aromatic rings. The number of rotatable bonds is 4. The summed E-state index contributed by atoms with van der Waals surface area (Å²) < 4.78 is 17.0. The van der Waals surface area contributed by atoms with Crippen molar-refractivity contribution in [2.75, 3.05) is 14.2 Å². The quantitative estimate of drug-likeness (QED) is 0.171. The third kappa shape index (κ3) is 3.99. The third-order valence-corrected chi connectivity index (χ3v) is 12.4. The van der Waals surface area contributed by atoms with Gasteiger partial charge in [-0.2, -0.15) is 0 Å². The zero-order valence-corrected chi connectivity index (χ0v) is 31.7. The maximum absolute atomic E-state index is 6.09. The van der Waals surface area contributed by atoms with Crippen molar-refractivity contribution in [2.24, 2.45) is 0 Å². The van der Waals surface area contributed by atoms with Gasteiger partial charge in [-0.15, -0.1) is 0 Å². The number of methoxy groups -OCH3 is 2. The Morgan fingerprint density at radius 3 is 1.81 bits per heavy atom. The summed E-state index contributed by atoms with van der Waals surface area (Å²) in [6, 6.07) is 41.2. The molecule has 0 saturated carbocycles. The van der Waals surface area contributed by atoms with E-state index in [1.165, 1.54) is 116 Å². The molecule has 0 bridgehead atoms. The van der Waals surface area contributed by atoms with E-state index in [1.54, 1.807) is 14.2 Å². The lowest BCUT2D eigenvalue weighted by atomic mass is 9.45. The number of hydrogen-bond donors (Lipinski definition) is 0. The van der Waals surface area contributed by atoms with E-state index in [-0.39, 0.29) is 6.85 Å². The second kappa shape index (κ2) is 10.9. The molecule has 260 valence electrons. The smallest absolute Gasteiger partial charge is 0.333 e. The number of fused-ring (bicyclic) bond motifs is 10. The summed E-state index contributed by atoms with van der Waals surface area (Å²) >= 11 is 0. The fourth-order valence-electron chi connectivity index (χ4n) is 10.2. The maximum Gasteiger partial charge on any atom is 0.333 e. The molecular formula is C49H39BN2O2. The van der Waals surface area contributed by atoms with Crippen LogP contribution in [0.4, 0.5) is 0 Å². The van der Waals surface area contributed by atoms with Gasteiger partial charge in [0.1, 0.15) is 11.5 Å². The Bertz CT molecular complexity index is 3100. The number of benzene rings is 7. The molecule has 4 nitrogen and oxygen atoms in total. The molecule has 0 atom stereocenters. The largest absolute Gasteiger partial charge is 0.497 e. The number of hydrogen-bond acceptors (Lipinski definition) is 2. The molecule has 0 radical (unpaired) electrons. The fourth-order valence-corrected chi connectivity index (χ4v) is 10.2. The maximum atomic E-state index is 6.09. The first-order chi connectivity index (χ1) is 26.2. The van der Waals surface area contributed by atoms with Crippen LogP contribution in [0.3, 0.4) is 0 Å². The summed E-state index contributed by atoms with van der Waals surface area (Å²) in [4.78, 5) is 0. The third-order valence-electron chi connectivity index (χ3n) is 12.4. The molecule has 0 N–H and O–H groups in total. The Labute approximate surface area is 315 Å². The van der Waals surface area contributed by atoms with Gasteiger partial charge in [0.2, 0.25) is 0 Å². The molecule has 2 aromatic heterocycles. The van der Waals surface area contributed by atoms with Crippen LogP contribution in [-0.4, -0.2) is 30.1 Å². The van der Waals surface area contributed by atoms with Gasteiger partial charge in [-0.05, 0) is 162 Å². The van der Waals surface area contributed by atoms with Crippen molar-refractivity contribution in [1.29, 1.82) is 0 Å². The number of aryl methyl sites for hydroxylation is 5. The summed E-state index contributed by atoms with van der Waals surface area (Å²) in [6.07, 6.45) is 0. The number of nitrogens with zero attached hydrogens (tertiary/aromatic N) is 2. The van der Waals surface area contributed by atoms with E-state index in [4.69, 9.17) is 9.47 Å². The van der Waals surface area contributed by atoms with Gasteiger partial charge in [-0.1, -0.05) is 48.5 Å². The molecule has 0 amide bonds. The molecule has 0 saturated heterocycles. The Morgan fingerprint density at radius 2 is 1.11 bits per heavy atom. The summed E-state index contributed by atoms with van der Waals surface area (Å²) in [5.74, 6) is 1.71. The Balaban J connectivity index is 1.34. The standard InChI is InChI=1S/C49H39BN2O2/c1-26-18-37-39-22-32(46-29(4)12-9-13-30(46)5)21-38-35-20-31(45-27(2)10-8-11-28(45)3)14-16-43(35)52(48(38)39)50-41-25-34(54-7)24-40-36-23-33(53-6)15-17-42(36)51(49(40)41)44(19-26)47(37)50/h8-25H,1-7H3. The van der Waals surface area contributed by atoms with E-state index in [1.807, 2.05) is 0 Å². The van der Waals surface area contributed by atoms with Crippen molar-refractivity contribution >= 4 is 61.4 Å². The van der Waals surface area contributed by atoms with Crippen molar-refractivity contribution in [3.05, 3.63) is 137 Å². The van der Waals surface area contributed by atoms with Crippen LogP contribution >= 0.6 is 0 Å². The zero-order valence-electron chi connectivity index (χ0n) is 31.7. The van der Waals surface area contributed by atoms with Crippen LogP contribution in [0.2, 0.25) is 0 Å². The van der Waals surface area contributed by atoms with Crippen molar-refractivity contribution in [2.45, 2.75) is 34.6 Å². The van der Waals surface area contributed by atoms with E-state index in [9.17, 15) is 0 Å². The summed E-state index contributed by atoms with van der Waals surface area (Å²) in [5, 5.41) is 4.90. The van der Waals surface area contributed by atoms with Gasteiger partial charge in [0.25, 0.3) is 0 Å². The van der Waals surface area contributed by atoms with Gasteiger partial charge < -0.3 is 18.5 Å². The molecule has 0 fully saturated rings. The highest BCUT2D eigenvalue weighted by Gasteiger charge is 2.42. The molecule has 4 heterocycles. The highest BCUT2D eigenvalue weighted by Crippen LogP contribution is 2.47. The van der Waals surface area contributed by atoms with Crippen LogP contribution in [0.5, 0.6) is 11.5 Å². The van der Waals surface area contributed by atoms with Gasteiger partial charge in [0, 0.05) is 43.8 Å². The van der Waals surface area contributed by atoms with Gasteiger partial charge in [-0.25, -0.2) is 0 Å². The Kier molecular flexibility index (Phi) is 6.34. The minimum atomic E-state index is -0.0588. The lowest BCUT2D eigenvalue weighted by molar-refractivity contribution is 0.415. The minimum Gasteiger partial charge on any atom is -0.497 e. The fraction of sp³-hybridized carbons (Fsp3) is 0.143. The van der Waals surface area contributed by atoms with Crippen LogP contribution < -0.4 is 20.4 Å². The van der Waals surface area contributed by atoms with Crippen LogP contribution in [-0.2, 0) is 0 Å². The average molecular weight is 699 g/mol. The van der Waals surface area contributed by atoms with E-state index < -0.39 is 0 Å². The molecule has 11 rings (SSSR count). The minimum absolute atomic E-state index is 0.0588. The monoisotopic (exact) mass is 698 g/mol. The molecule has 5 heteroatoms. The lowest BCUT2D eigenvalue weighted by Gasteiger charge is -2.34. The van der Waals surface area contributed by atoms with E-state index in [0.29, 0.717) is 0 Å². The molecule has 0 unspecified atom stereocenters. The summed E-state index contributed by atoms with van der Waals surface area (Å²) in [7, 11) is 3.52. The first kappa shape index (κ1) is 31.3. The first-order valence-electron chi connectivity index (χ1n) is 18.9. The Hall–Kier alpha value is -6.20. The molecule has 2 aliphatic rings. The molecule has 54 heavy (non-hydrogen) atoms. The molecule has 0 spiro atoms. The molecule has 7 aromatic carbocycles. The summed E-state index contributed by atoms with van der Waals surface area (Å²) in [5.41, 5.74) is 22.9. The summed E-state index contributed by atoms with van der Waals surface area (Å²) in [6.45, 7) is 11.1. The topological polar surface area (TPSA) is 28.3 Å². The van der Waals surface area contributed by atoms with Gasteiger partial charge >= 0.3 is 6.85 Å². The van der Waals surface area contributed by atoms with Gasteiger partial charge in [0.05, 0.1) is 25.3 Å². The van der Waals surface area contributed by atoms with E-state index in [2.05, 4.69) is 153 Å².